The van der Waals surface area contributed by atoms with E-state index in [-0.39, 0.29) is 39.2 Å². The molecule has 3 aromatic rings. The summed E-state index contributed by atoms with van der Waals surface area (Å²) in [4.78, 5) is 21.5. The molecule has 2 aliphatic heterocycles. The Morgan fingerprint density at radius 1 is 0.867 bits per heavy atom. The van der Waals surface area contributed by atoms with Gasteiger partial charge in [-0.1, -0.05) is 18.2 Å². The molecule has 3 N–H and O–H groups in total. The number of phenolic OH excluding ortho intramolecular Hbond substituents is 2. The molecular weight excluding hydrogens is 577 g/mol. The molecule has 146 valence electrons. The van der Waals surface area contributed by atoms with Crippen molar-refractivity contribution in [2.75, 3.05) is 0 Å². The van der Waals surface area contributed by atoms with Crippen LogP contribution in [-0.4, -0.2) is 27.3 Å². The van der Waals surface area contributed by atoms with E-state index >= 15 is 0 Å². The monoisotopic (exact) mass is 594 g/mol. The first-order chi connectivity index (χ1) is 13.8. The zero-order chi connectivity index (χ0) is 20.8. The summed E-state index contributed by atoms with van der Waals surface area (Å²) in [7, 11) is 0. The number of aromatic hydroxyl groups is 2. The number of ether oxygens (including phenoxy) is 2. The number of benzene rings is 3. The molecule has 30 heavy (non-hydrogen) atoms. The van der Waals surface area contributed by atoms with E-state index in [9.17, 15) is 15.0 Å². The summed E-state index contributed by atoms with van der Waals surface area (Å²) in [5.41, 5.74) is 1.28. The van der Waals surface area contributed by atoms with Crippen molar-refractivity contribution in [3.05, 3.63) is 82.9 Å². The number of esters is 1. The van der Waals surface area contributed by atoms with Crippen molar-refractivity contribution in [2.45, 2.75) is 12.5 Å². The van der Waals surface area contributed by atoms with Crippen LogP contribution in [0, 0.1) is 0 Å². The maximum atomic E-state index is 12.5. The Balaban J connectivity index is 0.000000473. The SMILES string of the molecule is CC(=O)O.O=C1OC2(c3ccc(O)cc3Oc3cc(O)ccc32)c2ccccc21.[Hg+2]. The van der Waals surface area contributed by atoms with Crippen molar-refractivity contribution >= 4 is 11.9 Å². The molecule has 0 bridgehead atoms. The van der Waals surface area contributed by atoms with E-state index in [4.69, 9.17) is 19.4 Å². The average Bonchev–Trinajstić information content (AvgIpc) is 2.95. The number of carboxylic acids is 1. The molecular formula is C22H16HgO7+2. The molecule has 7 nitrogen and oxygen atoms in total. The Labute approximate surface area is 192 Å². The molecule has 0 aromatic heterocycles. The quantitative estimate of drug-likeness (QED) is 0.269. The van der Waals surface area contributed by atoms with Crippen LogP contribution in [0.15, 0.2) is 60.7 Å². The fourth-order valence-electron chi connectivity index (χ4n) is 3.65. The Morgan fingerprint density at radius 3 is 1.90 bits per heavy atom. The molecule has 0 unspecified atom stereocenters. The largest absolute Gasteiger partial charge is 2.00 e. The number of hydrogen-bond acceptors (Lipinski definition) is 6. The van der Waals surface area contributed by atoms with Gasteiger partial charge in [-0.3, -0.25) is 4.79 Å². The second kappa shape index (κ2) is 7.99. The normalized spacial score (nSPS) is 14.0. The van der Waals surface area contributed by atoms with Crippen molar-refractivity contribution in [3.8, 4) is 23.0 Å². The molecule has 3 aromatic carbocycles. The van der Waals surface area contributed by atoms with Crippen LogP contribution in [0.4, 0.5) is 0 Å². The number of phenols is 2. The number of aliphatic carboxylic acids is 1. The fraction of sp³-hybridized carbons (Fsp3) is 0.0909. The number of carbonyl (C=O) groups excluding carboxylic acids is 1. The molecule has 0 radical (unpaired) electrons. The number of carboxylic acid groups (broad SMARTS) is 1. The van der Waals surface area contributed by atoms with Gasteiger partial charge >= 0.3 is 33.6 Å². The van der Waals surface area contributed by atoms with E-state index < -0.39 is 17.5 Å². The third kappa shape index (κ3) is 3.39. The van der Waals surface area contributed by atoms with Crippen LogP contribution < -0.4 is 4.74 Å². The van der Waals surface area contributed by atoms with Crippen LogP contribution in [0.1, 0.15) is 34.0 Å². The standard InChI is InChI=1S/C20H12O5.C2H4O2.Hg/c21-11-5-7-15-17(9-11)24-18-10-12(22)6-8-16(18)20(15)14-4-2-1-3-13(14)19(23)25-20;1-2(3)4;/h1-10,21-22H;1H3,(H,3,4);/q;;+2. The van der Waals surface area contributed by atoms with Gasteiger partial charge in [0, 0.05) is 35.7 Å². The molecule has 0 atom stereocenters. The topological polar surface area (TPSA) is 113 Å². The molecule has 2 heterocycles. The molecule has 0 saturated carbocycles. The smallest absolute Gasteiger partial charge is 0.508 e. The minimum atomic E-state index is -1.17. The van der Waals surface area contributed by atoms with Crippen molar-refractivity contribution in [1.82, 2.24) is 0 Å². The second-order valence-corrected chi connectivity index (χ2v) is 6.60. The van der Waals surface area contributed by atoms with Gasteiger partial charge < -0.3 is 24.8 Å². The number of fused-ring (bicyclic) bond motifs is 6. The fourth-order valence-corrected chi connectivity index (χ4v) is 3.65. The predicted octanol–water partition coefficient (Wildman–Crippen LogP) is 3.75. The van der Waals surface area contributed by atoms with Gasteiger partial charge in [0.05, 0.1) is 5.56 Å². The van der Waals surface area contributed by atoms with Gasteiger partial charge in [-0.05, 0) is 30.3 Å². The van der Waals surface area contributed by atoms with Gasteiger partial charge in [-0.2, -0.15) is 0 Å². The Kier molecular flexibility index (Phi) is 5.76. The number of carbonyl (C=O) groups is 2. The molecule has 0 fully saturated rings. The van der Waals surface area contributed by atoms with Crippen LogP contribution in [-0.2, 0) is 42.8 Å². The molecule has 8 heteroatoms. The van der Waals surface area contributed by atoms with E-state index in [2.05, 4.69) is 0 Å². The van der Waals surface area contributed by atoms with Crippen molar-refractivity contribution < 1.29 is 62.1 Å². The Morgan fingerprint density at radius 2 is 1.37 bits per heavy atom. The van der Waals surface area contributed by atoms with Crippen LogP contribution in [0.3, 0.4) is 0 Å². The second-order valence-electron chi connectivity index (χ2n) is 6.60. The average molecular weight is 593 g/mol. The summed E-state index contributed by atoms with van der Waals surface area (Å²) in [6.45, 7) is 1.08. The molecule has 2 aliphatic rings. The van der Waals surface area contributed by atoms with Gasteiger partial charge in [0.1, 0.15) is 23.0 Å². The van der Waals surface area contributed by atoms with Crippen LogP contribution in [0.5, 0.6) is 23.0 Å². The maximum absolute atomic E-state index is 12.5. The third-order valence-corrected chi connectivity index (χ3v) is 4.68. The molecule has 0 amide bonds. The first-order valence-electron chi connectivity index (χ1n) is 8.70. The van der Waals surface area contributed by atoms with Gasteiger partial charge in [0.25, 0.3) is 5.97 Å². The summed E-state index contributed by atoms with van der Waals surface area (Å²) in [6.07, 6.45) is 0. The Hall–Kier alpha value is -3.06. The minimum Gasteiger partial charge on any atom is -0.508 e. The van der Waals surface area contributed by atoms with Gasteiger partial charge in [-0.25, -0.2) is 4.79 Å². The van der Waals surface area contributed by atoms with Crippen molar-refractivity contribution in [1.29, 1.82) is 0 Å². The Bertz CT molecular complexity index is 1100. The number of hydrogen-bond donors (Lipinski definition) is 3. The molecule has 0 saturated heterocycles. The summed E-state index contributed by atoms with van der Waals surface area (Å²) in [5.74, 6) is -0.425. The van der Waals surface area contributed by atoms with Gasteiger partial charge in [0.2, 0.25) is 0 Å². The zero-order valence-corrected chi connectivity index (χ0v) is 21.5. The maximum Gasteiger partial charge on any atom is 2.00 e. The van der Waals surface area contributed by atoms with E-state index in [0.29, 0.717) is 33.8 Å². The van der Waals surface area contributed by atoms with E-state index in [1.807, 2.05) is 12.1 Å². The van der Waals surface area contributed by atoms with Crippen LogP contribution in [0.2, 0.25) is 0 Å². The summed E-state index contributed by atoms with van der Waals surface area (Å²) in [6, 6.07) is 16.6. The predicted molar refractivity (Wildman–Crippen MR) is 101 cm³/mol. The van der Waals surface area contributed by atoms with Crippen molar-refractivity contribution in [2.24, 2.45) is 0 Å². The van der Waals surface area contributed by atoms with Crippen molar-refractivity contribution in [3.63, 3.8) is 0 Å². The van der Waals surface area contributed by atoms with E-state index in [0.717, 1.165) is 6.92 Å². The third-order valence-electron chi connectivity index (χ3n) is 4.68. The van der Waals surface area contributed by atoms with Crippen LogP contribution >= 0.6 is 0 Å². The zero-order valence-electron chi connectivity index (χ0n) is 16.0. The van der Waals surface area contributed by atoms with E-state index in [1.165, 1.54) is 24.3 Å². The number of rotatable bonds is 0. The first kappa shape index (κ1) is 21.6. The summed E-state index contributed by atoms with van der Waals surface area (Å²) >= 11 is 0. The summed E-state index contributed by atoms with van der Waals surface area (Å²) in [5, 5.41) is 27.1. The van der Waals surface area contributed by atoms with Crippen LogP contribution in [0.25, 0.3) is 0 Å². The summed E-state index contributed by atoms with van der Waals surface area (Å²) < 4.78 is 11.8. The molecule has 0 aliphatic carbocycles. The molecule has 1 spiro atoms. The first-order valence-corrected chi connectivity index (χ1v) is 8.70. The van der Waals surface area contributed by atoms with Gasteiger partial charge in [0.15, 0.2) is 5.60 Å². The van der Waals surface area contributed by atoms with E-state index in [1.54, 1.807) is 24.3 Å². The van der Waals surface area contributed by atoms with Gasteiger partial charge in [-0.15, -0.1) is 0 Å². The molecule has 5 rings (SSSR count). The minimum absolute atomic E-state index is 0.